The van der Waals surface area contributed by atoms with Gasteiger partial charge in [0.2, 0.25) is 0 Å². The van der Waals surface area contributed by atoms with Crippen LogP contribution < -0.4 is 4.57 Å². The van der Waals surface area contributed by atoms with E-state index in [1.165, 1.54) is 7.11 Å². The molecule has 0 unspecified atom stereocenters. The van der Waals surface area contributed by atoms with Gasteiger partial charge in [0.25, 0.3) is 0 Å². The average Bonchev–Trinajstić information content (AvgIpc) is 2.35. The molecule has 1 aromatic rings. The SMILES string of the molecule is COC(=O)CN(c1ccccc1)[Si](C)(C)C(C)(C)C. The van der Waals surface area contributed by atoms with E-state index in [1.54, 1.807) is 0 Å². The number of para-hydroxylation sites is 1. The topological polar surface area (TPSA) is 29.5 Å². The molecule has 19 heavy (non-hydrogen) atoms. The van der Waals surface area contributed by atoms with E-state index >= 15 is 0 Å². The second-order valence-electron chi connectivity index (χ2n) is 6.31. The average molecular weight is 279 g/mol. The Morgan fingerprint density at radius 2 is 1.74 bits per heavy atom. The standard InChI is InChI=1S/C15H25NO2Si/c1-15(2,3)19(5,6)16(12-14(17)18-4)13-10-8-7-9-11-13/h7-11H,12H2,1-6H3. The summed E-state index contributed by atoms with van der Waals surface area (Å²) < 4.78 is 7.10. The Bertz CT molecular complexity index is 424. The van der Waals surface area contributed by atoms with Gasteiger partial charge in [-0.2, -0.15) is 0 Å². The number of carbonyl (C=O) groups is 1. The van der Waals surface area contributed by atoms with Crippen LogP contribution in [0.2, 0.25) is 18.1 Å². The van der Waals surface area contributed by atoms with Crippen LogP contribution in [0.15, 0.2) is 30.3 Å². The van der Waals surface area contributed by atoms with Gasteiger partial charge in [0, 0.05) is 5.69 Å². The first-order valence-corrected chi connectivity index (χ1v) is 9.54. The molecule has 0 aromatic heterocycles. The van der Waals surface area contributed by atoms with Gasteiger partial charge in [-0.1, -0.05) is 52.1 Å². The fourth-order valence-electron chi connectivity index (χ4n) is 1.82. The summed E-state index contributed by atoms with van der Waals surface area (Å²) >= 11 is 0. The molecule has 0 N–H and O–H groups in total. The number of ether oxygens (including phenoxy) is 1. The van der Waals surface area contributed by atoms with Crippen LogP contribution in [0.25, 0.3) is 0 Å². The van der Waals surface area contributed by atoms with Crippen molar-refractivity contribution in [3.05, 3.63) is 30.3 Å². The number of rotatable bonds is 4. The first-order valence-electron chi connectivity index (χ1n) is 6.59. The maximum Gasteiger partial charge on any atom is 0.324 e. The predicted molar refractivity (Wildman–Crippen MR) is 83.0 cm³/mol. The van der Waals surface area contributed by atoms with Gasteiger partial charge in [0.05, 0.1) is 7.11 Å². The van der Waals surface area contributed by atoms with Gasteiger partial charge in [-0.25, -0.2) is 0 Å². The molecule has 0 heterocycles. The lowest BCUT2D eigenvalue weighted by atomic mass is 10.2. The summed E-state index contributed by atoms with van der Waals surface area (Å²) in [6.07, 6.45) is 0. The predicted octanol–water partition coefficient (Wildman–Crippen LogP) is 3.67. The summed E-state index contributed by atoms with van der Waals surface area (Å²) in [5.74, 6) is -0.186. The molecule has 0 amide bonds. The van der Waals surface area contributed by atoms with E-state index < -0.39 is 8.24 Å². The van der Waals surface area contributed by atoms with Crippen LogP contribution in [0, 0.1) is 0 Å². The monoisotopic (exact) mass is 279 g/mol. The number of hydrogen-bond acceptors (Lipinski definition) is 3. The third-order valence-corrected chi connectivity index (χ3v) is 9.53. The van der Waals surface area contributed by atoms with Gasteiger partial charge in [0.15, 0.2) is 8.24 Å². The van der Waals surface area contributed by atoms with E-state index in [0.717, 1.165) is 5.69 Å². The number of anilines is 1. The van der Waals surface area contributed by atoms with E-state index in [9.17, 15) is 4.79 Å². The molecule has 4 heteroatoms. The molecule has 3 nitrogen and oxygen atoms in total. The number of benzene rings is 1. The minimum absolute atomic E-state index is 0.164. The van der Waals surface area contributed by atoms with Crippen LogP contribution in [0.3, 0.4) is 0 Å². The molecule has 0 atom stereocenters. The second-order valence-corrected chi connectivity index (χ2v) is 11.5. The van der Waals surface area contributed by atoms with Crippen LogP contribution in [0.5, 0.6) is 0 Å². The highest BCUT2D eigenvalue weighted by atomic mass is 28.3. The normalized spacial score (nSPS) is 12.1. The van der Waals surface area contributed by atoms with Gasteiger partial charge in [-0.05, 0) is 17.2 Å². The van der Waals surface area contributed by atoms with Crippen LogP contribution in [0.4, 0.5) is 5.69 Å². The summed E-state index contributed by atoms with van der Waals surface area (Å²) in [5, 5.41) is 0.164. The lowest BCUT2D eigenvalue weighted by Crippen LogP contribution is -2.57. The van der Waals surface area contributed by atoms with Gasteiger partial charge in [0.1, 0.15) is 6.54 Å². The zero-order chi connectivity index (χ0) is 14.7. The molecular formula is C15H25NO2Si. The van der Waals surface area contributed by atoms with Crippen molar-refractivity contribution >= 4 is 19.9 Å². The molecule has 0 aliphatic carbocycles. The zero-order valence-corrected chi connectivity index (χ0v) is 13.9. The molecule has 0 aliphatic rings. The van der Waals surface area contributed by atoms with Crippen molar-refractivity contribution in [1.82, 2.24) is 0 Å². The maximum absolute atomic E-state index is 11.7. The maximum atomic E-state index is 11.7. The van der Waals surface area contributed by atoms with Crippen molar-refractivity contribution in [3.63, 3.8) is 0 Å². The number of methoxy groups -OCH3 is 1. The van der Waals surface area contributed by atoms with Crippen LogP contribution >= 0.6 is 0 Å². The molecule has 1 rings (SSSR count). The zero-order valence-electron chi connectivity index (χ0n) is 12.9. The molecule has 0 bridgehead atoms. The van der Waals surface area contributed by atoms with Crippen molar-refractivity contribution < 1.29 is 9.53 Å². The van der Waals surface area contributed by atoms with Crippen molar-refractivity contribution in [2.24, 2.45) is 0 Å². The highest BCUT2D eigenvalue weighted by molar-refractivity contribution is 6.83. The Morgan fingerprint density at radius 1 is 1.21 bits per heavy atom. The van der Waals surface area contributed by atoms with Crippen LogP contribution in [-0.2, 0) is 9.53 Å². The van der Waals surface area contributed by atoms with Gasteiger partial charge < -0.3 is 9.30 Å². The Labute approximate surface area is 117 Å². The van der Waals surface area contributed by atoms with E-state index in [-0.39, 0.29) is 11.0 Å². The van der Waals surface area contributed by atoms with E-state index in [0.29, 0.717) is 6.54 Å². The lowest BCUT2D eigenvalue weighted by Gasteiger charge is -2.46. The number of nitrogens with zero attached hydrogens (tertiary/aromatic N) is 1. The number of esters is 1. The summed E-state index contributed by atoms with van der Waals surface area (Å²) in [5.41, 5.74) is 1.10. The van der Waals surface area contributed by atoms with Crippen LogP contribution in [0.1, 0.15) is 20.8 Å². The van der Waals surface area contributed by atoms with Gasteiger partial charge in [-0.3, -0.25) is 4.79 Å². The Balaban J connectivity index is 3.17. The summed E-state index contributed by atoms with van der Waals surface area (Å²) in [6.45, 7) is 11.6. The Kier molecular flexibility index (Phi) is 4.79. The molecule has 0 radical (unpaired) electrons. The largest absolute Gasteiger partial charge is 0.468 e. The van der Waals surface area contributed by atoms with Crippen molar-refractivity contribution in [3.8, 4) is 0 Å². The quantitative estimate of drug-likeness (QED) is 0.622. The number of carbonyl (C=O) groups excluding carboxylic acids is 1. The smallest absolute Gasteiger partial charge is 0.324 e. The third kappa shape index (κ3) is 3.59. The number of hydrogen-bond donors (Lipinski definition) is 0. The molecule has 1 aromatic carbocycles. The molecule has 0 saturated heterocycles. The highest BCUT2D eigenvalue weighted by Crippen LogP contribution is 2.40. The second kappa shape index (κ2) is 5.78. The van der Waals surface area contributed by atoms with Crippen molar-refractivity contribution in [2.75, 3.05) is 18.2 Å². The highest BCUT2D eigenvalue weighted by Gasteiger charge is 2.42. The van der Waals surface area contributed by atoms with Crippen molar-refractivity contribution in [1.29, 1.82) is 0 Å². The fourth-order valence-corrected chi connectivity index (χ4v) is 3.95. The Morgan fingerprint density at radius 3 is 2.16 bits per heavy atom. The summed E-state index contributed by atoms with van der Waals surface area (Å²) in [7, 11) is -0.380. The molecule has 0 fully saturated rings. The van der Waals surface area contributed by atoms with E-state index in [1.807, 2.05) is 18.2 Å². The minimum atomic E-state index is -1.82. The summed E-state index contributed by atoms with van der Waals surface area (Å²) in [4.78, 5) is 11.7. The molecule has 0 spiro atoms. The van der Waals surface area contributed by atoms with E-state index in [2.05, 4.69) is 50.6 Å². The third-order valence-electron chi connectivity index (χ3n) is 4.09. The molecule has 0 aliphatic heterocycles. The van der Waals surface area contributed by atoms with E-state index in [4.69, 9.17) is 4.74 Å². The van der Waals surface area contributed by atoms with Gasteiger partial charge >= 0.3 is 5.97 Å². The lowest BCUT2D eigenvalue weighted by molar-refractivity contribution is -0.138. The molecule has 106 valence electrons. The first-order chi connectivity index (χ1) is 8.70. The fraction of sp³-hybridized carbons (Fsp3) is 0.533. The molecular weight excluding hydrogens is 254 g/mol. The summed E-state index contributed by atoms with van der Waals surface area (Å²) in [6, 6.07) is 10.1. The Hall–Kier alpha value is -1.29. The van der Waals surface area contributed by atoms with Crippen LogP contribution in [-0.4, -0.2) is 27.9 Å². The molecule has 0 saturated carbocycles. The first kappa shape index (κ1) is 15.8. The van der Waals surface area contributed by atoms with Gasteiger partial charge in [-0.15, -0.1) is 0 Å². The minimum Gasteiger partial charge on any atom is -0.468 e. The van der Waals surface area contributed by atoms with Crippen molar-refractivity contribution in [2.45, 2.75) is 38.9 Å².